The molecule has 0 aliphatic carbocycles. The van der Waals surface area contributed by atoms with E-state index in [1.807, 2.05) is 61.5 Å². The van der Waals surface area contributed by atoms with Crippen molar-refractivity contribution in [2.24, 2.45) is 0 Å². The third kappa shape index (κ3) is 5.89. The van der Waals surface area contributed by atoms with E-state index in [-0.39, 0.29) is 19.6 Å². The number of alkyl carbamates (subject to hydrolysis) is 1. The molecular weight excluding hydrogens is 318 g/mol. The molecule has 2 atom stereocenters. The maximum Gasteiger partial charge on any atom is 0.407 e. The SMILES string of the molecule is CCc1ccccc1C(O)C(O)CCNC(=O)OCc1ccccc1. The van der Waals surface area contributed by atoms with Gasteiger partial charge in [0.25, 0.3) is 0 Å². The van der Waals surface area contributed by atoms with Gasteiger partial charge in [0.15, 0.2) is 0 Å². The molecule has 0 aromatic heterocycles. The summed E-state index contributed by atoms with van der Waals surface area (Å²) in [6.45, 7) is 2.42. The van der Waals surface area contributed by atoms with Crippen LogP contribution in [-0.4, -0.2) is 29.0 Å². The summed E-state index contributed by atoms with van der Waals surface area (Å²) < 4.78 is 5.10. The number of hydrogen-bond acceptors (Lipinski definition) is 4. The molecule has 3 N–H and O–H groups in total. The van der Waals surface area contributed by atoms with Crippen molar-refractivity contribution in [3.8, 4) is 0 Å². The quantitative estimate of drug-likeness (QED) is 0.688. The summed E-state index contributed by atoms with van der Waals surface area (Å²) in [6, 6.07) is 16.9. The standard InChI is InChI=1S/C20H25NO4/c1-2-16-10-6-7-11-17(16)19(23)18(22)12-13-21-20(24)25-14-15-8-4-3-5-9-15/h3-11,18-19,22-23H,2,12-14H2,1H3,(H,21,24). The summed E-state index contributed by atoms with van der Waals surface area (Å²) in [4.78, 5) is 11.7. The van der Waals surface area contributed by atoms with Gasteiger partial charge in [0.05, 0.1) is 6.10 Å². The molecule has 0 heterocycles. The molecule has 0 bridgehead atoms. The molecule has 0 spiro atoms. The number of benzene rings is 2. The predicted molar refractivity (Wildman–Crippen MR) is 96.0 cm³/mol. The number of rotatable bonds is 8. The van der Waals surface area contributed by atoms with Crippen LogP contribution in [0.5, 0.6) is 0 Å². The average molecular weight is 343 g/mol. The van der Waals surface area contributed by atoms with Crippen molar-refractivity contribution in [3.05, 3.63) is 71.3 Å². The third-order valence-electron chi connectivity index (χ3n) is 4.04. The smallest absolute Gasteiger partial charge is 0.407 e. The first-order chi connectivity index (χ1) is 12.1. The van der Waals surface area contributed by atoms with E-state index in [2.05, 4.69) is 5.32 Å². The van der Waals surface area contributed by atoms with Gasteiger partial charge in [-0.1, -0.05) is 61.5 Å². The number of ether oxygens (including phenoxy) is 1. The van der Waals surface area contributed by atoms with Gasteiger partial charge < -0.3 is 20.3 Å². The molecule has 2 unspecified atom stereocenters. The first-order valence-corrected chi connectivity index (χ1v) is 8.50. The van der Waals surface area contributed by atoms with Crippen LogP contribution < -0.4 is 5.32 Å². The summed E-state index contributed by atoms with van der Waals surface area (Å²) in [6.07, 6.45) is -1.45. The zero-order valence-corrected chi connectivity index (χ0v) is 14.4. The number of carbonyl (C=O) groups is 1. The van der Waals surface area contributed by atoms with Crippen LogP contribution in [0.1, 0.15) is 36.1 Å². The lowest BCUT2D eigenvalue weighted by atomic mass is 9.96. The van der Waals surface area contributed by atoms with E-state index < -0.39 is 18.3 Å². The van der Waals surface area contributed by atoms with E-state index in [0.29, 0.717) is 0 Å². The van der Waals surface area contributed by atoms with Gasteiger partial charge in [-0.25, -0.2) is 4.79 Å². The van der Waals surface area contributed by atoms with E-state index in [1.165, 1.54) is 0 Å². The van der Waals surface area contributed by atoms with Crippen molar-refractivity contribution in [2.75, 3.05) is 6.54 Å². The number of amides is 1. The minimum Gasteiger partial charge on any atom is -0.445 e. The zero-order chi connectivity index (χ0) is 18.1. The summed E-state index contributed by atoms with van der Waals surface area (Å²) in [5, 5.41) is 23.1. The highest BCUT2D eigenvalue weighted by Crippen LogP contribution is 2.22. The van der Waals surface area contributed by atoms with Crippen molar-refractivity contribution >= 4 is 6.09 Å². The lowest BCUT2D eigenvalue weighted by Crippen LogP contribution is -2.30. The first kappa shape index (κ1) is 19.0. The number of nitrogens with one attached hydrogen (secondary N) is 1. The van der Waals surface area contributed by atoms with E-state index in [1.54, 1.807) is 0 Å². The van der Waals surface area contributed by atoms with Crippen LogP contribution in [0.4, 0.5) is 4.79 Å². The molecule has 0 aliphatic heterocycles. The molecular formula is C20H25NO4. The molecule has 0 saturated heterocycles. The highest BCUT2D eigenvalue weighted by molar-refractivity contribution is 5.67. The summed E-state index contributed by atoms with van der Waals surface area (Å²) in [5.41, 5.74) is 2.64. The predicted octanol–water partition coefficient (Wildman–Crippen LogP) is 2.96. The Hall–Kier alpha value is -2.37. The molecule has 2 rings (SSSR count). The normalized spacial score (nSPS) is 13.1. The Morgan fingerprint density at radius 1 is 1.08 bits per heavy atom. The number of carbonyl (C=O) groups excluding carboxylic acids is 1. The third-order valence-corrected chi connectivity index (χ3v) is 4.04. The van der Waals surface area contributed by atoms with Crippen LogP contribution in [0.15, 0.2) is 54.6 Å². The summed E-state index contributed by atoms with van der Waals surface area (Å²) in [5.74, 6) is 0. The fraction of sp³-hybridized carbons (Fsp3) is 0.350. The summed E-state index contributed by atoms with van der Waals surface area (Å²) in [7, 11) is 0. The maximum atomic E-state index is 11.7. The van der Waals surface area contributed by atoms with Crippen LogP contribution in [0.25, 0.3) is 0 Å². The fourth-order valence-electron chi connectivity index (χ4n) is 2.61. The van der Waals surface area contributed by atoms with Gasteiger partial charge in [-0.05, 0) is 29.5 Å². The number of aliphatic hydroxyl groups is 2. The van der Waals surface area contributed by atoms with Crippen molar-refractivity contribution in [1.29, 1.82) is 0 Å². The number of aryl methyl sites for hydroxylation is 1. The van der Waals surface area contributed by atoms with Gasteiger partial charge in [-0.3, -0.25) is 0 Å². The van der Waals surface area contributed by atoms with Crippen LogP contribution >= 0.6 is 0 Å². The Morgan fingerprint density at radius 2 is 1.76 bits per heavy atom. The lowest BCUT2D eigenvalue weighted by molar-refractivity contribution is 0.0131. The molecule has 1 amide bonds. The fourth-order valence-corrected chi connectivity index (χ4v) is 2.61. The van der Waals surface area contributed by atoms with Gasteiger partial charge in [0.2, 0.25) is 0 Å². The average Bonchev–Trinajstić information content (AvgIpc) is 2.66. The van der Waals surface area contributed by atoms with Crippen molar-refractivity contribution < 1.29 is 19.7 Å². The monoisotopic (exact) mass is 343 g/mol. The minimum absolute atomic E-state index is 0.196. The Labute approximate surface area is 148 Å². The van der Waals surface area contributed by atoms with Gasteiger partial charge >= 0.3 is 6.09 Å². The molecule has 5 nitrogen and oxygen atoms in total. The molecule has 134 valence electrons. The molecule has 0 aliphatic rings. The van der Waals surface area contributed by atoms with Gasteiger partial charge in [-0.2, -0.15) is 0 Å². The maximum absolute atomic E-state index is 11.7. The van der Waals surface area contributed by atoms with Crippen LogP contribution in [-0.2, 0) is 17.8 Å². The number of aliphatic hydroxyl groups excluding tert-OH is 2. The lowest BCUT2D eigenvalue weighted by Gasteiger charge is -2.20. The molecule has 0 fully saturated rings. The number of hydrogen-bond donors (Lipinski definition) is 3. The van der Waals surface area contributed by atoms with Gasteiger partial charge in [-0.15, -0.1) is 0 Å². The van der Waals surface area contributed by atoms with E-state index in [4.69, 9.17) is 4.74 Å². The Bertz CT molecular complexity index is 660. The van der Waals surface area contributed by atoms with Crippen LogP contribution in [0.2, 0.25) is 0 Å². The Morgan fingerprint density at radius 3 is 2.48 bits per heavy atom. The van der Waals surface area contributed by atoms with Crippen molar-refractivity contribution in [2.45, 2.75) is 38.6 Å². The molecule has 0 saturated carbocycles. The van der Waals surface area contributed by atoms with E-state index >= 15 is 0 Å². The molecule has 5 heteroatoms. The van der Waals surface area contributed by atoms with Crippen LogP contribution in [0, 0.1) is 0 Å². The minimum atomic E-state index is -0.974. The molecule has 0 radical (unpaired) electrons. The van der Waals surface area contributed by atoms with Crippen molar-refractivity contribution in [3.63, 3.8) is 0 Å². The second-order valence-corrected chi connectivity index (χ2v) is 5.84. The van der Waals surface area contributed by atoms with E-state index in [0.717, 1.165) is 23.1 Å². The molecule has 2 aromatic carbocycles. The second kappa shape index (κ2) is 9.81. The highest BCUT2D eigenvalue weighted by Gasteiger charge is 2.20. The first-order valence-electron chi connectivity index (χ1n) is 8.50. The van der Waals surface area contributed by atoms with Crippen molar-refractivity contribution in [1.82, 2.24) is 5.32 Å². The van der Waals surface area contributed by atoms with Crippen LogP contribution in [0.3, 0.4) is 0 Å². The van der Waals surface area contributed by atoms with E-state index in [9.17, 15) is 15.0 Å². The second-order valence-electron chi connectivity index (χ2n) is 5.84. The highest BCUT2D eigenvalue weighted by atomic mass is 16.5. The molecule has 2 aromatic rings. The largest absolute Gasteiger partial charge is 0.445 e. The Kier molecular flexibility index (Phi) is 7.44. The van der Waals surface area contributed by atoms with Gasteiger partial charge in [0.1, 0.15) is 12.7 Å². The van der Waals surface area contributed by atoms with Gasteiger partial charge in [0, 0.05) is 6.54 Å². The Balaban J connectivity index is 1.74. The topological polar surface area (TPSA) is 78.8 Å². The zero-order valence-electron chi connectivity index (χ0n) is 14.4. The molecule has 25 heavy (non-hydrogen) atoms. The summed E-state index contributed by atoms with van der Waals surface area (Å²) >= 11 is 0.